The number of halogens is 1. The molecule has 0 unspecified atom stereocenters. The Morgan fingerprint density at radius 3 is 2.14 bits per heavy atom. The molecule has 1 saturated heterocycles. The first kappa shape index (κ1) is 19.7. The van der Waals surface area contributed by atoms with Gasteiger partial charge in [-0.2, -0.15) is 0 Å². The molecule has 1 aromatic carbocycles. The van der Waals surface area contributed by atoms with E-state index in [9.17, 15) is 9.18 Å². The van der Waals surface area contributed by atoms with E-state index in [-0.39, 0.29) is 11.7 Å². The van der Waals surface area contributed by atoms with Crippen molar-refractivity contribution in [1.29, 1.82) is 0 Å². The summed E-state index contributed by atoms with van der Waals surface area (Å²) in [6.07, 6.45) is 1.35. The van der Waals surface area contributed by atoms with Gasteiger partial charge in [0.15, 0.2) is 23.1 Å². The maximum Gasteiger partial charge on any atom is 0.254 e. The lowest BCUT2D eigenvalue weighted by atomic mass is 10.1. The topological polar surface area (TPSA) is 77.0 Å². The summed E-state index contributed by atoms with van der Waals surface area (Å²) in [5, 5.41) is 0. The fourth-order valence-electron chi connectivity index (χ4n) is 3.17. The van der Waals surface area contributed by atoms with Gasteiger partial charge in [-0.1, -0.05) is 0 Å². The number of aromatic nitrogens is 2. The predicted octanol–water partition coefficient (Wildman–Crippen LogP) is 1.91. The van der Waals surface area contributed by atoms with E-state index in [4.69, 9.17) is 14.2 Å². The molecular formula is C19H23FN4O4. The monoisotopic (exact) mass is 390 g/mol. The molecule has 0 bridgehead atoms. The van der Waals surface area contributed by atoms with Crippen molar-refractivity contribution in [1.82, 2.24) is 14.9 Å². The number of rotatable bonds is 5. The summed E-state index contributed by atoms with van der Waals surface area (Å²) < 4.78 is 30.2. The van der Waals surface area contributed by atoms with Gasteiger partial charge in [-0.05, 0) is 19.1 Å². The molecule has 150 valence electrons. The average Bonchev–Trinajstić information content (AvgIpc) is 2.74. The second-order valence-corrected chi connectivity index (χ2v) is 6.29. The highest BCUT2D eigenvalue weighted by Gasteiger charge is 2.26. The molecule has 3 rings (SSSR count). The molecule has 28 heavy (non-hydrogen) atoms. The van der Waals surface area contributed by atoms with Crippen LogP contribution in [0.5, 0.6) is 17.2 Å². The van der Waals surface area contributed by atoms with Crippen LogP contribution in [-0.4, -0.2) is 68.3 Å². The van der Waals surface area contributed by atoms with Crippen molar-refractivity contribution in [3.8, 4) is 17.2 Å². The summed E-state index contributed by atoms with van der Waals surface area (Å²) in [4.78, 5) is 24.4. The van der Waals surface area contributed by atoms with E-state index >= 15 is 0 Å². The number of methoxy groups -OCH3 is 3. The summed E-state index contributed by atoms with van der Waals surface area (Å²) in [6.45, 7) is 3.44. The highest BCUT2D eigenvalue weighted by molar-refractivity contribution is 5.95. The number of aryl methyl sites for hydroxylation is 1. The Hall–Kier alpha value is -3.10. The van der Waals surface area contributed by atoms with Crippen molar-refractivity contribution in [2.45, 2.75) is 6.92 Å². The van der Waals surface area contributed by atoms with Crippen molar-refractivity contribution in [2.75, 3.05) is 52.4 Å². The lowest BCUT2D eigenvalue weighted by molar-refractivity contribution is 0.0745. The molecule has 0 atom stereocenters. The van der Waals surface area contributed by atoms with Gasteiger partial charge < -0.3 is 24.0 Å². The molecule has 0 aliphatic carbocycles. The summed E-state index contributed by atoms with van der Waals surface area (Å²) >= 11 is 0. The molecule has 1 aromatic heterocycles. The lowest BCUT2D eigenvalue weighted by Gasteiger charge is -2.35. The fraction of sp³-hybridized carbons (Fsp3) is 0.421. The third-order valence-electron chi connectivity index (χ3n) is 4.72. The third-order valence-corrected chi connectivity index (χ3v) is 4.72. The van der Waals surface area contributed by atoms with E-state index < -0.39 is 5.82 Å². The van der Waals surface area contributed by atoms with Gasteiger partial charge in [0.1, 0.15) is 6.33 Å². The standard InChI is InChI=1S/C19H23FN4O4/c1-12-16(20)18(22-11-21-12)23-5-7-24(8-6-23)19(25)13-9-14(26-2)17(28-4)15(10-13)27-3/h9-11H,5-8H2,1-4H3. The highest BCUT2D eigenvalue weighted by Crippen LogP contribution is 2.38. The van der Waals surface area contributed by atoms with Crippen LogP contribution in [0.25, 0.3) is 0 Å². The summed E-state index contributed by atoms with van der Waals surface area (Å²) in [5.41, 5.74) is 0.743. The second kappa shape index (κ2) is 8.28. The third kappa shape index (κ3) is 3.64. The van der Waals surface area contributed by atoms with Gasteiger partial charge in [-0.25, -0.2) is 14.4 Å². The van der Waals surface area contributed by atoms with E-state index in [1.807, 2.05) is 4.90 Å². The maximum atomic E-state index is 14.3. The number of ether oxygens (including phenoxy) is 3. The van der Waals surface area contributed by atoms with E-state index in [0.29, 0.717) is 54.7 Å². The molecule has 1 aliphatic rings. The van der Waals surface area contributed by atoms with Crippen molar-refractivity contribution in [3.05, 3.63) is 35.5 Å². The quantitative estimate of drug-likeness (QED) is 0.772. The first-order valence-electron chi connectivity index (χ1n) is 8.81. The van der Waals surface area contributed by atoms with Gasteiger partial charge in [0.2, 0.25) is 5.75 Å². The van der Waals surface area contributed by atoms with Crippen LogP contribution in [0, 0.1) is 12.7 Å². The number of benzene rings is 1. The highest BCUT2D eigenvalue weighted by atomic mass is 19.1. The lowest BCUT2D eigenvalue weighted by Crippen LogP contribution is -2.49. The number of carbonyl (C=O) groups excluding carboxylic acids is 1. The fourth-order valence-corrected chi connectivity index (χ4v) is 3.17. The van der Waals surface area contributed by atoms with Crippen LogP contribution < -0.4 is 19.1 Å². The number of anilines is 1. The number of hydrogen-bond acceptors (Lipinski definition) is 7. The van der Waals surface area contributed by atoms with Gasteiger partial charge in [0, 0.05) is 31.7 Å². The zero-order valence-corrected chi connectivity index (χ0v) is 16.4. The Labute approximate surface area is 162 Å². The molecule has 1 fully saturated rings. The number of amides is 1. The van der Waals surface area contributed by atoms with E-state index in [0.717, 1.165) is 0 Å². The zero-order chi connectivity index (χ0) is 20.3. The Kier molecular flexibility index (Phi) is 5.81. The van der Waals surface area contributed by atoms with Crippen molar-refractivity contribution in [2.24, 2.45) is 0 Å². The van der Waals surface area contributed by atoms with Crippen LogP contribution in [0.4, 0.5) is 10.2 Å². The predicted molar refractivity (Wildman–Crippen MR) is 101 cm³/mol. The summed E-state index contributed by atoms with van der Waals surface area (Å²) in [6, 6.07) is 3.26. The molecule has 0 saturated carbocycles. The first-order chi connectivity index (χ1) is 13.5. The van der Waals surface area contributed by atoms with Gasteiger partial charge in [-0.15, -0.1) is 0 Å². The summed E-state index contributed by atoms with van der Waals surface area (Å²) in [5.74, 6) is 0.961. The number of nitrogens with zero attached hydrogens (tertiary/aromatic N) is 4. The van der Waals surface area contributed by atoms with E-state index in [2.05, 4.69) is 9.97 Å². The SMILES string of the molecule is COc1cc(C(=O)N2CCN(c3ncnc(C)c3F)CC2)cc(OC)c1OC. The van der Waals surface area contributed by atoms with Crippen LogP contribution in [0.1, 0.15) is 16.1 Å². The summed E-state index contributed by atoms with van der Waals surface area (Å²) in [7, 11) is 4.51. The number of carbonyl (C=O) groups is 1. The van der Waals surface area contributed by atoms with Gasteiger partial charge >= 0.3 is 0 Å². The minimum Gasteiger partial charge on any atom is -0.493 e. The Morgan fingerprint density at radius 1 is 1.00 bits per heavy atom. The second-order valence-electron chi connectivity index (χ2n) is 6.29. The molecule has 8 nitrogen and oxygen atoms in total. The minimum absolute atomic E-state index is 0.154. The average molecular weight is 390 g/mol. The van der Waals surface area contributed by atoms with Crippen molar-refractivity contribution in [3.63, 3.8) is 0 Å². The van der Waals surface area contributed by atoms with Crippen LogP contribution in [-0.2, 0) is 0 Å². The molecule has 9 heteroatoms. The number of piperazine rings is 1. The van der Waals surface area contributed by atoms with E-state index in [1.54, 1.807) is 24.0 Å². The minimum atomic E-state index is -0.424. The molecular weight excluding hydrogens is 367 g/mol. The van der Waals surface area contributed by atoms with Crippen LogP contribution in [0.3, 0.4) is 0 Å². The molecule has 0 spiro atoms. The van der Waals surface area contributed by atoms with Gasteiger partial charge in [0.25, 0.3) is 5.91 Å². The van der Waals surface area contributed by atoms with Gasteiger partial charge in [0.05, 0.1) is 27.0 Å². The normalized spacial score (nSPS) is 14.0. The smallest absolute Gasteiger partial charge is 0.254 e. The van der Waals surface area contributed by atoms with Crippen LogP contribution in [0.2, 0.25) is 0 Å². The molecule has 1 aliphatic heterocycles. The van der Waals surface area contributed by atoms with Crippen LogP contribution in [0.15, 0.2) is 18.5 Å². The Bertz CT molecular complexity index is 844. The number of hydrogen-bond donors (Lipinski definition) is 0. The molecule has 2 aromatic rings. The van der Waals surface area contributed by atoms with Crippen molar-refractivity contribution >= 4 is 11.7 Å². The first-order valence-corrected chi connectivity index (χ1v) is 8.81. The Morgan fingerprint density at radius 2 is 1.61 bits per heavy atom. The molecule has 0 radical (unpaired) electrons. The largest absolute Gasteiger partial charge is 0.493 e. The molecule has 2 heterocycles. The van der Waals surface area contributed by atoms with Crippen molar-refractivity contribution < 1.29 is 23.4 Å². The molecule has 0 N–H and O–H groups in total. The van der Waals surface area contributed by atoms with Crippen LogP contribution >= 0.6 is 0 Å². The maximum absolute atomic E-state index is 14.3. The molecule has 1 amide bonds. The van der Waals surface area contributed by atoms with E-state index in [1.165, 1.54) is 27.7 Å². The zero-order valence-electron chi connectivity index (χ0n) is 16.4. The Balaban J connectivity index is 1.76. The van der Waals surface area contributed by atoms with Gasteiger partial charge in [-0.3, -0.25) is 4.79 Å².